The van der Waals surface area contributed by atoms with E-state index in [0.717, 1.165) is 31.4 Å². The van der Waals surface area contributed by atoms with E-state index in [1.165, 1.54) is 5.56 Å². The van der Waals surface area contributed by atoms with Crippen LogP contribution in [0.4, 0.5) is 0 Å². The van der Waals surface area contributed by atoms with Crippen molar-refractivity contribution in [3.8, 4) is 0 Å². The first kappa shape index (κ1) is 20.2. The molecular formula is C23H29N3O2. The molecule has 0 radical (unpaired) electrons. The minimum absolute atomic E-state index is 0.0251. The molecule has 2 heterocycles. The van der Waals surface area contributed by atoms with Crippen molar-refractivity contribution in [3.05, 3.63) is 65.5 Å². The SMILES string of the molecule is CCCCc1ccc(C(=O)CCC(=O)N2CCNCC2c2cccnc2)cc1. The summed E-state index contributed by atoms with van der Waals surface area (Å²) in [7, 11) is 0. The fraction of sp³-hybridized carbons (Fsp3) is 0.435. The number of carbonyl (C=O) groups is 2. The van der Waals surface area contributed by atoms with E-state index in [9.17, 15) is 9.59 Å². The Morgan fingerprint density at radius 3 is 2.71 bits per heavy atom. The number of aromatic nitrogens is 1. The summed E-state index contributed by atoms with van der Waals surface area (Å²) in [4.78, 5) is 31.4. The van der Waals surface area contributed by atoms with E-state index < -0.39 is 0 Å². The molecule has 5 heteroatoms. The summed E-state index contributed by atoms with van der Waals surface area (Å²) >= 11 is 0. The van der Waals surface area contributed by atoms with E-state index in [0.29, 0.717) is 18.7 Å². The Labute approximate surface area is 167 Å². The van der Waals surface area contributed by atoms with Crippen molar-refractivity contribution >= 4 is 11.7 Å². The Morgan fingerprint density at radius 1 is 1.18 bits per heavy atom. The van der Waals surface area contributed by atoms with Crippen LogP contribution in [-0.4, -0.2) is 41.2 Å². The highest BCUT2D eigenvalue weighted by Gasteiger charge is 2.28. The second-order valence-electron chi connectivity index (χ2n) is 7.32. The van der Waals surface area contributed by atoms with Crippen molar-refractivity contribution in [1.82, 2.24) is 15.2 Å². The molecular weight excluding hydrogens is 350 g/mol. The van der Waals surface area contributed by atoms with Gasteiger partial charge in [-0.25, -0.2) is 0 Å². The maximum absolute atomic E-state index is 12.8. The number of carbonyl (C=O) groups excluding carboxylic acids is 2. The quantitative estimate of drug-likeness (QED) is 0.713. The zero-order chi connectivity index (χ0) is 19.8. The summed E-state index contributed by atoms with van der Waals surface area (Å²) in [6.07, 6.45) is 7.40. The summed E-state index contributed by atoms with van der Waals surface area (Å²) in [6.45, 7) is 4.31. The first-order valence-corrected chi connectivity index (χ1v) is 10.2. The van der Waals surface area contributed by atoms with Gasteiger partial charge in [-0.1, -0.05) is 43.7 Å². The van der Waals surface area contributed by atoms with E-state index in [-0.39, 0.29) is 30.6 Å². The van der Waals surface area contributed by atoms with Crippen LogP contribution in [0, 0.1) is 0 Å². The third-order valence-electron chi connectivity index (χ3n) is 5.29. The summed E-state index contributed by atoms with van der Waals surface area (Å²) in [5.74, 6) is 0.0618. The number of pyridine rings is 1. The lowest BCUT2D eigenvalue weighted by Crippen LogP contribution is -2.48. The number of aryl methyl sites for hydroxylation is 1. The fourth-order valence-corrected chi connectivity index (χ4v) is 3.62. The summed E-state index contributed by atoms with van der Waals surface area (Å²) in [5, 5.41) is 3.34. The van der Waals surface area contributed by atoms with Crippen molar-refractivity contribution in [2.24, 2.45) is 0 Å². The van der Waals surface area contributed by atoms with E-state index in [2.05, 4.69) is 17.2 Å². The zero-order valence-electron chi connectivity index (χ0n) is 16.6. The van der Waals surface area contributed by atoms with Gasteiger partial charge in [-0.2, -0.15) is 0 Å². The standard InChI is InChI=1S/C23H29N3O2/c1-2-3-5-18-7-9-19(10-8-18)22(27)11-12-23(28)26-15-14-25-17-21(26)20-6-4-13-24-16-20/h4,6-10,13,16,21,25H,2-3,5,11-12,14-15,17H2,1H3. The summed E-state index contributed by atoms with van der Waals surface area (Å²) in [6, 6.07) is 11.7. The van der Waals surface area contributed by atoms with Gasteiger partial charge in [0.15, 0.2) is 5.78 Å². The lowest BCUT2D eigenvalue weighted by molar-refractivity contribution is -0.134. The molecule has 0 aliphatic carbocycles. The third kappa shape index (κ3) is 5.26. The lowest BCUT2D eigenvalue weighted by Gasteiger charge is -2.36. The number of hydrogen-bond donors (Lipinski definition) is 1. The molecule has 1 unspecified atom stereocenters. The van der Waals surface area contributed by atoms with Crippen LogP contribution in [-0.2, 0) is 11.2 Å². The number of ketones is 1. The second kappa shape index (κ2) is 10.1. The van der Waals surface area contributed by atoms with Gasteiger partial charge in [0.2, 0.25) is 5.91 Å². The van der Waals surface area contributed by atoms with E-state index >= 15 is 0 Å². The number of nitrogens with zero attached hydrogens (tertiary/aromatic N) is 2. The molecule has 1 fully saturated rings. The fourth-order valence-electron chi connectivity index (χ4n) is 3.62. The molecule has 5 nitrogen and oxygen atoms in total. The van der Waals surface area contributed by atoms with Crippen LogP contribution in [0.1, 0.15) is 60.1 Å². The van der Waals surface area contributed by atoms with Crippen LogP contribution in [0.3, 0.4) is 0 Å². The van der Waals surface area contributed by atoms with Crippen LogP contribution >= 0.6 is 0 Å². The van der Waals surface area contributed by atoms with Crippen molar-refractivity contribution in [1.29, 1.82) is 0 Å². The predicted molar refractivity (Wildman–Crippen MR) is 110 cm³/mol. The van der Waals surface area contributed by atoms with Crippen LogP contribution in [0.5, 0.6) is 0 Å². The molecule has 28 heavy (non-hydrogen) atoms. The minimum atomic E-state index is -0.0251. The highest BCUT2D eigenvalue weighted by atomic mass is 16.2. The number of hydrogen-bond acceptors (Lipinski definition) is 4. The molecule has 0 bridgehead atoms. The highest BCUT2D eigenvalue weighted by molar-refractivity contribution is 5.98. The Morgan fingerprint density at radius 2 is 2.00 bits per heavy atom. The smallest absolute Gasteiger partial charge is 0.223 e. The van der Waals surface area contributed by atoms with E-state index in [1.807, 2.05) is 47.5 Å². The van der Waals surface area contributed by atoms with Crippen molar-refractivity contribution in [2.75, 3.05) is 19.6 Å². The first-order chi connectivity index (χ1) is 13.7. The molecule has 148 valence electrons. The number of Topliss-reactive ketones (excluding diaryl/α,β-unsaturated/α-hetero) is 1. The van der Waals surface area contributed by atoms with Crippen LogP contribution in [0.15, 0.2) is 48.8 Å². The van der Waals surface area contributed by atoms with Gasteiger partial charge in [0, 0.05) is 50.4 Å². The van der Waals surface area contributed by atoms with Crippen LogP contribution < -0.4 is 5.32 Å². The monoisotopic (exact) mass is 379 g/mol. The van der Waals surface area contributed by atoms with Gasteiger partial charge in [-0.15, -0.1) is 0 Å². The molecule has 1 aromatic heterocycles. The normalized spacial score (nSPS) is 16.8. The first-order valence-electron chi connectivity index (χ1n) is 10.2. The highest BCUT2D eigenvalue weighted by Crippen LogP contribution is 2.23. The van der Waals surface area contributed by atoms with Crippen molar-refractivity contribution in [3.63, 3.8) is 0 Å². The average molecular weight is 380 g/mol. The van der Waals surface area contributed by atoms with Crippen LogP contribution in [0.2, 0.25) is 0 Å². The van der Waals surface area contributed by atoms with Crippen molar-refractivity contribution < 1.29 is 9.59 Å². The summed E-state index contributed by atoms with van der Waals surface area (Å²) < 4.78 is 0. The predicted octanol–water partition coefficient (Wildman–Crippen LogP) is 3.56. The largest absolute Gasteiger partial charge is 0.333 e. The van der Waals surface area contributed by atoms with Crippen molar-refractivity contribution in [2.45, 2.75) is 45.1 Å². The molecule has 1 N–H and O–H groups in total. The molecule has 1 amide bonds. The summed E-state index contributed by atoms with van der Waals surface area (Å²) in [5.41, 5.74) is 2.98. The molecule has 0 spiro atoms. The van der Waals surface area contributed by atoms with Gasteiger partial charge in [-0.3, -0.25) is 14.6 Å². The number of unbranched alkanes of at least 4 members (excludes halogenated alkanes) is 1. The Bertz CT molecular complexity index is 774. The maximum atomic E-state index is 12.8. The van der Waals surface area contributed by atoms with Gasteiger partial charge in [0.05, 0.1) is 6.04 Å². The topological polar surface area (TPSA) is 62.3 Å². The maximum Gasteiger partial charge on any atom is 0.223 e. The van der Waals surface area contributed by atoms with E-state index in [1.54, 1.807) is 6.20 Å². The third-order valence-corrected chi connectivity index (χ3v) is 5.29. The molecule has 1 aliphatic rings. The van der Waals surface area contributed by atoms with Gasteiger partial charge in [0.1, 0.15) is 0 Å². The van der Waals surface area contributed by atoms with Crippen LogP contribution in [0.25, 0.3) is 0 Å². The lowest BCUT2D eigenvalue weighted by atomic mass is 10.0. The molecule has 3 rings (SSSR count). The number of nitrogens with one attached hydrogen (secondary N) is 1. The average Bonchev–Trinajstić information content (AvgIpc) is 2.76. The Hall–Kier alpha value is -2.53. The van der Waals surface area contributed by atoms with Gasteiger partial charge in [-0.05, 0) is 30.0 Å². The molecule has 1 saturated heterocycles. The molecule has 1 aliphatic heterocycles. The second-order valence-corrected chi connectivity index (χ2v) is 7.32. The molecule has 0 saturated carbocycles. The van der Waals surface area contributed by atoms with E-state index in [4.69, 9.17) is 0 Å². The van der Waals surface area contributed by atoms with Gasteiger partial charge < -0.3 is 10.2 Å². The Balaban J connectivity index is 1.57. The Kier molecular flexibility index (Phi) is 7.31. The zero-order valence-corrected chi connectivity index (χ0v) is 16.6. The number of piperazine rings is 1. The minimum Gasteiger partial charge on any atom is -0.333 e. The van der Waals surface area contributed by atoms with Gasteiger partial charge in [0.25, 0.3) is 0 Å². The number of benzene rings is 1. The number of amides is 1. The molecule has 1 aromatic carbocycles. The molecule has 2 aromatic rings. The number of rotatable bonds is 8. The molecule has 1 atom stereocenters. The van der Waals surface area contributed by atoms with Gasteiger partial charge >= 0.3 is 0 Å².